The number of aliphatic hydroxyl groups excluding tert-OH is 2. The van der Waals surface area contributed by atoms with E-state index in [4.69, 9.17) is 52.4 Å². The molecule has 2 aromatic carbocycles. The van der Waals surface area contributed by atoms with E-state index in [-0.39, 0.29) is 115 Å². The molecule has 0 bridgehead atoms. The molecule has 0 unspecified atom stereocenters. The molecule has 0 radical (unpaired) electrons. The van der Waals surface area contributed by atoms with E-state index >= 15 is 0 Å². The molecule has 16 rings (SSSR count). The maximum absolute atomic E-state index is 15.0. The molecule has 36 heteroatoms. The maximum Gasteiger partial charge on any atom is 0.325 e. The molecule has 14 heterocycles. The molecule has 6 N–H and O–H groups in total. The van der Waals surface area contributed by atoms with Crippen LogP contribution in [-0.4, -0.2) is 257 Å². The van der Waals surface area contributed by atoms with E-state index in [1.807, 2.05) is 63.2 Å². The Bertz CT molecular complexity index is 5680. The maximum atomic E-state index is 15.0. The number of nitrogens with one attached hydrogen (secondary N) is 3. The third-order valence-electron chi connectivity index (χ3n) is 22.9. The number of methoxy groups -OCH3 is 3. The summed E-state index contributed by atoms with van der Waals surface area (Å²) < 4.78 is 47.6. The molecule has 0 atom stereocenters. The van der Waals surface area contributed by atoms with Gasteiger partial charge in [-0.1, -0.05) is 66.3 Å². The lowest BCUT2D eigenvalue weighted by Gasteiger charge is -2.38. The highest BCUT2D eigenvalue weighted by atomic mass is 35.5. The summed E-state index contributed by atoms with van der Waals surface area (Å²) in [4.78, 5) is 98.9. The first-order chi connectivity index (χ1) is 60.7. The molecule has 0 aliphatic carbocycles. The van der Waals surface area contributed by atoms with Crippen molar-refractivity contribution in [2.24, 2.45) is 0 Å². The second kappa shape index (κ2) is 47.2. The molecule has 12 aromatic rings. The Balaban J connectivity index is 0.000000181. The van der Waals surface area contributed by atoms with Crippen LogP contribution in [0.4, 0.5) is 55.1 Å². The number of piperidine rings is 4. The number of pyridine rings is 8. The molecule has 32 nitrogen and oxygen atoms in total. The average Bonchev–Trinajstić information content (AvgIpc) is 0.880. The first-order valence-electron chi connectivity index (χ1n) is 41.9. The van der Waals surface area contributed by atoms with Crippen LogP contribution >= 0.6 is 23.2 Å². The number of benzene rings is 2. The van der Waals surface area contributed by atoms with Crippen LogP contribution in [0.2, 0.25) is 10.3 Å². The molecule has 682 valence electrons. The summed E-state index contributed by atoms with van der Waals surface area (Å²) in [6, 6.07) is 35.8. The number of aromatic nitrogens is 12. The monoisotopic (exact) mass is 1800 g/mol. The van der Waals surface area contributed by atoms with Gasteiger partial charge in [-0.15, -0.1) is 0 Å². The first-order valence-corrected chi connectivity index (χ1v) is 42.6. The van der Waals surface area contributed by atoms with Gasteiger partial charge in [0.2, 0.25) is 0 Å². The zero-order valence-corrected chi connectivity index (χ0v) is 72.2. The van der Waals surface area contributed by atoms with E-state index in [1.165, 1.54) is 42.8 Å². The fourth-order valence-corrected chi connectivity index (χ4v) is 16.1. The first kappa shape index (κ1) is 98.2. The molecule has 4 fully saturated rings. The fourth-order valence-electron chi connectivity index (χ4n) is 15.8. The third kappa shape index (κ3) is 25.7. The Hall–Kier alpha value is -12.0. The molecule has 4 saturated heterocycles. The van der Waals surface area contributed by atoms with Crippen molar-refractivity contribution < 1.29 is 57.5 Å². The van der Waals surface area contributed by atoms with Gasteiger partial charge < -0.3 is 79.8 Å². The lowest BCUT2D eigenvalue weighted by molar-refractivity contribution is -0.140. The molecule has 10 aromatic heterocycles. The average molecular weight is 1800 g/mol. The second-order valence-electron chi connectivity index (χ2n) is 30.6. The van der Waals surface area contributed by atoms with Crippen molar-refractivity contribution in [1.82, 2.24) is 79.4 Å². The van der Waals surface area contributed by atoms with E-state index in [1.54, 1.807) is 97.8 Å². The number of fused-ring (bicyclic) bond motifs is 4. The number of hydrogen-bond donors (Lipinski definition) is 6. The lowest BCUT2D eigenvalue weighted by Crippen LogP contribution is -2.47. The van der Waals surface area contributed by atoms with Crippen LogP contribution in [0.5, 0.6) is 0 Å². The number of carbonyl (C=O) groups excluding carboxylic acids is 3. The van der Waals surface area contributed by atoms with Crippen LogP contribution < -0.4 is 35.6 Å². The van der Waals surface area contributed by atoms with Crippen LogP contribution in [0.3, 0.4) is 0 Å². The standard InChI is InChI=1S/C28H32FN7O3.C27H30FN7O3.C18H23ClN4O2.C16H19ClN4O2.3CH4/c1-3-34-11-9-21(10-12-34)35(17-28(38)39-2)27-7-4-19-16-30-26(15-25(19)32-27)31-24-6-5-22(14-23(24)29)36-13-8-20(18-37)33-36;1-2-33-10-8-20(9-11-33)34(16-27(37)38)26-6-3-18-15-29-25(14-24(18)31-26)30-23-5-4-21(13-22(23)28)35-12-7-19(17-36)32-35;1-3-22-8-6-14(7-9-22)23(12-18(24)25-2)17-5-4-13-11-20-16(19)10-15(13)21-17;1-23-16(22)10-21(12-4-6-18-7-5-12)15-3-2-11-9-19-14(17)8-13(11)20-15;;;/h4-8,13-16,21,37H,3,9-12,17-18H2,1-2H3,(H,30,31);3-7,12-15,20,36H,2,8-11,16-17H2,1H3,(H,29,30)(H,37,38);4-5,10-11,14H,3,6-9,12H2,1-2H3;2-3,8-9,12,18H,4-7,10H2,1H3;3*1H4. The number of rotatable bonds is 27. The smallest absolute Gasteiger partial charge is 0.325 e. The number of halogens is 4. The molecule has 0 amide bonds. The summed E-state index contributed by atoms with van der Waals surface area (Å²) in [6.07, 6.45) is 17.6. The highest BCUT2D eigenvalue weighted by molar-refractivity contribution is 6.30. The predicted octanol–water partition coefficient (Wildman–Crippen LogP) is 13.9. The predicted molar refractivity (Wildman–Crippen MR) is 498 cm³/mol. The van der Waals surface area contributed by atoms with Gasteiger partial charge >= 0.3 is 23.9 Å². The number of carbonyl (C=O) groups is 4. The Morgan fingerprint density at radius 2 is 0.750 bits per heavy atom. The summed E-state index contributed by atoms with van der Waals surface area (Å²) in [7, 11) is 4.21. The van der Waals surface area contributed by atoms with E-state index in [9.17, 15) is 43.3 Å². The van der Waals surface area contributed by atoms with Crippen molar-refractivity contribution in [1.29, 1.82) is 0 Å². The van der Waals surface area contributed by atoms with Crippen molar-refractivity contribution >= 4 is 137 Å². The third-order valence-corrected chi connectivity index (χ3v) is 23.3. The van der Waals surface area contributed by atoms with Crippen LogP contribution in [0.15, 0.2) is 159 Å². The Kier molecular flexibility index (Phi) is 36.2. The highest BCUT2D eigenvalue weighted by Crippen LogP contribution is 2.33. The van der Waals surface area contributed by atoms with Crippen LogP contribution in [-0.2, 0) is 46.6 Å². The number of nitrogens with zero attached hydrogens (tertiary/aromatic N) is 19. The summed E-state index contributed by atoms with van der Waals surface area (Å²) in [6.45, 7) is 17.3. The summed E-state index contributed by atoms with van der Waals surface area (Å²) in [5.41, 5.74) is 5.40. The van der Waals surface area contributed by atoms with Gasteiger partial charge in [0.25, 0.3) is 0 Å². The Morgan fingerprint density at radius 1 is 0.438 bits per heavy atom. The van der Waals surface area contributed by atoms with Crippen molar-refractivity contribution in [2.75, 3.05) is 150 Å². The summed E-state index contributed by atoms with van der Waals surface area (Å²) in [5, 5.41) is 50.0. The lowest BCUT2D eigenvalue weighted by atomic mass is 10.0. The minimum atomic E-state index is -0.900. The van der Waals surface area contributed by atoms with Gasteiger partial charge in [0, 0.05) is 159 Å². The number of carboxylic acid groups (broad SMARTS) is 1. The quantitative estimate of drug-likeness (QED) is 0.0158. The van der Waals surface area contributed by atoms with Crippen LogP contribution in [0.1, 0.15) is 106 Å². The number of aliphatic hydroxyl groups is 2. The van der Waals surface area contributed by atoms with E-state index in [0.29, 0.717) is 67.4 Å². The van der Waals surface area contributed by atoms with Crippen molar-refractivity contribution in [3.63, 3.8) is 0 Å². The number of ether oxygens (including phenoxy) is 3. The van der Waals surface area contributed by atoms with Crippen molar-refractivity contribution in [3.8, 4) is 11.4 Å². The molecule has 4 aliphatic heterocycles. The van der Waals surface area contributed by atoms with Crippen LogP contribution in [0.25, 0.3) is 55.0 Å². The topological polar surface area (TPSA) is 354 Å². The number of likely N-dealkylation sites (tertiary alicyclic amines) is 3. The number of esters is 3. The molecular weight excluding hydrogens is 1680 g/mol. The summed E-state index contributed by atoms with van der Waals surface area (Å²) >= 11 is 12.0. The highest BCUT2D eigenvalue weighted by Gasteiger charge is 2.32. The SMILES string of the molecule is C.C.C.CCN1CCC(N(CC(=O)O)c2ccc3cnc(Nc4ccc(-n5ccc(CO)n5)cc4F)cc3n2)CC1.CCN1CCC(N(CC(=O)OC)c2ccc3cnc(Cl)cc3n2)CC1.CCN1CCC(N(CC(=O)OC)c2ccc3cnc(Nc4ccc(-n5ccc(CO)n5)cc4F)cc3n2)CC1.COC(=O)CN(c1ccc2cnc(Cl)cc2n1)C1CCNCC1. The van der Waals surface area contributed by atoms with Crippen molar-refractivity contribution in [2.45, 2.75) is 132 Å². The van der Waals surface area contributed by atoms with Crippen LogP contribution in [0, 0.1) is 11.6 Å². The van der Waals surface area contributed by atoms with E-state index in [0.717, 1.165) is 168 Å². The molecule has 0 spiro atoms. The van der Waals surface area contributed by atoms with E-state index in [2.05, 4.69) is 91.4 Å². The van der Waals surface area contributed by atoms with Gasteiger partial charge in [-0.2, -0.15) is 10.2 Å². The Labute approximate surface area is 754 Å². The van der Waals surface area contributed by atoms with Gasteiger partial charge in [0.05, 0.1) is 90.7 Å². The second-order valence-corrected chi connectivity index (χ2v) is 31.4. The number of anilines is 8. The normalized spacial score (nSPS) is 14.7. The molecule has 128 heavy (non-hydrogen) atoms. The van der Waals surface area contributed by atoms with Gasteiger partial charge in [-0.3, -0.25) is 19.2 Å². The van der Waals surface area contributed by atoms with Gasteiger partial charge in [0.1, 0.15) is 83.0 Å². The molecular formula is C92H116Cl2F2N22O10. The minimum absolute atomic E-state index is 0. The summed E-state index contributed by atoms with van der Waals surface area (Å²) in [5.74, 6) is 0.988. The molecule has 4 aliphatic rings. The van der Waals surface area contributed by atoms with Crippen molar-refractivity contribution in [3.05, 3.63) is 192 Å². The molecule has 0 saturated carbocycles. The van der Waals surface area contributed by atoms with Gasteiger partial charge in [0.15, 0.2) is 0 Å². The number of carboxylic acids is 1. The number of hydrogen-bond acceptors (Lipinski definition) is 29. The van der Waals surface area contributed by atoms with Gasteiger partial charge in [-0.25, -0.2) is 58.0 Å². The number of aliphatic carboxylic acids is 1. The zero-order chi connectivity index (χ0) is 88.0. The Morgan fingerprint density at radius 3 is 1.05 bits per heavy atom. The largest absolute Gasteiger partial charge is 0.480 e. The van der Waals surface area contributed by atoms with Gasteiger partial charge in [-0.05, 0) is 169 Å². The fraction of sp³-hybridized carbons (Fsp3) is 0.413. The minimum Gasteiger partial charge on any atom is -0.480 e. The van der Waals surface area contributed by atoms with E-state index < -0.39 is 17.6 Å². The zero-order valence-electron chi connectivity index (χ0n) is 70.7.